The van der Waals surface area contributed by atoms with Crippen LogP contribution in [0.3, 0.4) is 0 Å². The second kappa shape index (κ2) is 7.44. The Kier molecular flexibility index (Phi) is 5.27. The summed E-state index contributed by atoms with van der Waals surface area (Å²) >= 11 is 0. The van der Waals surface area contributed by atoms with Crippen molar-refractivity contribution in [3.63, 3.8) is 0 Å². The number of benzene rings is 1. The number of nitrogens with zero attached hydrogens (tertiary/aromatic N) is 2. The normalized spacial score (nSPS) is 18.6. The van der Waals surface area contributed by atoms with E-state index in [1.807, 2.05) is 38.1 Å². The highest BCUT2D eigenvalue weighted by molar-refractivity contribution is 6.13. The van der Waals surface area contributed by atoms with Crippen LogP contribution in [0.4, 0.5) is 11.4 Å². The Bertz CT molecular complexity index is 633. The molecule has 136 valence electrons. The van der Waals surface area contributed by atoms with Gasteiger partial charge in [0.05, 0.1) is 24.6 Å². The highest BCUT2D eigenvalue weighted by Gasteiger charge is 2.57. The second-order valence-corrected chi connectivity index (χ2v) is 6.63. The van der Waals surface area contributed by atoms with Crippen LogP contribution in [-0.4, -0.2) is 56.1 Å². The number of carbonyl (C=O) groups excluding carboxylic acids is 2. The zero-order chi connectivity index (χ0) is 17.9. The van der Waals surface area contributed by atoms with E-state index < -0.39 is 5.41 Å². The maximum atomic E-state index is 12.9. The molecular formula is C19H27N3O3. The van der Waals surface area contributed by atoms with Gasteiger partial charge in [-0.1, -0.05) is 12.1 Å². The van der Waals surface area contributed by atoms with Crippen LogP contribution in [0.25, 0.3) is 0 Å². The minimum atomic E-state index is -0.871. The summed E-state index contributed by atoms with van der Waals surface area (Å²) in [5, 5.41) is 3.03. The molecule has 1 N–H and O–H groups in total. The maximum absolute atomic E-state index is 12.9. The van der Waals surface area contributed by atoms with Crippen molar-refractivity contribution >= 4 is 23.2 Å². The molecular weight excluding hydrogens is 318 g/mol. The number of nitrogens with one attached hydrogen (secondary N) is 1. The highest BCUT2D eigenvalue weighted by Crippen LogP contribution is 2.48. The molecule has 1 aliphatic carbocycles. The van der Waals surface area contributed by atoms with Gasteiger partial charge >= 0.3 is 0 Å². The molecule has 0 bridgehead atoms. The minimum Gasteiger partial charge on any atom is -0.378 e. The van der Waals surface area contributed by atoms with Crippen LogP contribution in [0.15, 0.2) is 24.3 Å². The Labute approximate surface area is 149 Å². The van der Waals surface area contributed by atoms with E-state index in [-0.39, 0.29) is 11.8 Å². The monoisotopic (exact) mass is 345 g/mol. The number of para-hydroxylation sites is 2. The molecule has 1 saturated carbocycles. The van der Waals surface area contributed by atoms with Crippen molar-refractivity contribution in [3.05, 3.63) is 24.3 Å². The Morgan fingerprint density at radius 1 is 1.16 bits per heavy atom. The molecule has 0 radical (unpaired) electrons. The average molecular weight is 345 g/mol. The Balaban J connectivity index is 1.76. The summed E-state index contributed by atoms with van der Waals surface area (Å²) in [5.41, 5.74) is 0.891. The molecule has 1 saturated heterocycles. The lowest BCUT2D eigenvalue weighted by Gasteiger charge is -2.31. The molecule has 0 spiro atoms. The van der Waals surface area contributed by atoms with E-state index in [0.717, 1.165) is 24.5 Å². The Morgan fingerprint density at radius 3 is 2.40 bits per heavy atom. The fourth-order valence-corrected chi connectivity index (χ4v) is 3.38. The first kappa shape index (κ1) is 17.7. The van der Waals surface area contributed by atoms with Crippen LogP contribution < -0.4 is 10.2 Å². The number of ether oxygens (including phenoxy) is 1. The van der Waals surface area contributed by atoms with Crippen molar-refractivity contribution in [3.8, 4) is 0 Å². The summed E-state index contributed by atoms with van der Waals surface area (Å²) < 4.78 is 5.41. The molecule has 6 nitrogen and oxygen atoms in total. The van der Waals surface area contributed by atoms with Crippen LogP contribution in [0.2, 0.25) is 0 Å². The zero-order valence-electron chi connectivity index (χ0n) is 15.1. The molecule has 0 aromatic heterocycles. The first-order valence-corrected chi connectivity index (χ1v) is 9.15. The summed E-state index contributed by atoms with van der Waals surface area (Å²) in [6.45, 7) is 8.14. The molecule has 1 aromatic rings. The lowest BCUT2D eigenvalue weighted by atomic mass is 10.0. The summed E-state index contributed by atoms with van der Waals surface area (Å²) in [4.78, 5) is 29.6. The topological polar surface area (TPSA) is 61.9 Å². The van der Waals surface area contributed by atoms with E-state index in [9.17, 15) is 9.59 Å². The first-order chi connectivity index (χ1) is 12.1. The first-order valence-electron chi connectivity index (χ1n) is 9.15. The minimum absolute atomic E-state index is 0.0427. The third kappa shape index (κ3) is 3.49. The SMILES string of the molecule is CCN(CC)C(=O)C1(C(=O)Nc2ccccc2N2CCOCC2)CC1. The van der Waals surface area contributed by atoms with Crippen LogP contribution >= 0.6 is 0 Å². The van der Waals surface area contributed by atoms with Gasteiger partial charge in [-0.25, -0.2) is 0 Å². The van der Waals surface area contributed by atoms with Crippen LogP contribution in [0.5, 0.6) is 0 Å². The van der Waals surface area contributed by atoms with Gasteiger partial charge in [-0.05, 0) is 38.8 Å². The van der Waals surface area contributed by atoms with Gasteiger partial charge in [0.15, 0.2) is 0 Å². The fourth-order valence-electron chi connectivity index (χ4n) is 3.38. The van der Waals surface area contributed by atoms with Crippen LogP contribution in [-0.2, 0) is 14.3 Å². The van der Waals surface area contributed by atoms with Gasteiger partial charge in [-0.2, -0.15) is 0 Å². The summed E-state index contributed by atoms with van der Waals surface area (Å²) in [6.07, 6.45) is 1.27. The van der Waals surface area contributed by atoms with E-state index in [0.29, 0.717) is 39.1 Å². The van der Waals surface area contributed by atoms with E-state index in [4.69, 9.17) is 4.74 Å². The molecule has 3 rings (SSSR count). The molecule has 1 aromatic carbocycles. The molecule has 2 aliphatic rings. The molecule has 2 amide bonds. The van der Waals surface area contributed by atoms with Gasteiger partial charge in [0.25, 0.3) is 0 Å². The third-order valence-electron chi connectivity index (χ3n) is 5.15. The molecule has 25 heavy (non-hydrogen) atoms. The number of morpholine rings is 1. The molecule has 1 heterocycles. The molecule has 1 aliphatic heterocycles. The van der Waals surface area contributed by atoms with Crippen LogP contribution in [0.1, 0.15) is 26.7 Å². The van der Waals surface area contributed by atoms with Crippen molar-refractivity contribution in [2.24, 2.45) is 5.41 Å². The van der Waals surface area contributed by atoms with Crippen molar-refractivity contribution in [2.45, 2.75) is 26.7 Å². The summed E-state index contributed by atoms with van der Waals surface area (Å²) in [5.74, 6) is -0.219. The predicted molar refractivity (Wildman–Crippen MR) is 97.7 cm³/mol. The number of hydrogen-bond acceptors (Lipinski definition) is 4. The third-order valence-corrected chi connectivity index (χ3v) is 5.15. The van der Waals surface area contributed by atoms with Gasteiger partial charge in [-0.3, -0.25) is 9.59 Å². The number of hydrogen-bond donors (Lipinski definition) is 1. The number of rotatable bonds is 6. The number of amides is 2. The van der Waals surface area contributed by atoms with Crippen molar-refractivity contribution in [1.29, 1.82) is 0 Å². The van der Waals surface area contributed by atoms with Crippen molar-refractivity contribution < 1.29 is 14.3 Å². The van der Waals surface area contributed by atoms with Gasteiger partial charge in [0.1, 0.15) is 5.41 Å². The standard InChI is InChI=1S/C19H27N3O3/c1-3-21(4-2)18(24)19(9-10-19)17(23)20-15-7-5-6-8-16(15)22-11-13-25-14-12-22/h5-8H,3-4,9-14H2,1-2H3,(H,20,23). The summed E-state index contributed by atoms with van der Waals surface area (Å²) in [7, 11) is 0. The lowest BCUT2D eigenvalue weighted by Crippen LogP contribution is -2.43. The smallest absolute Gasteiger partial charge is 0.240 e. The zero-order valence-corrected chi connectivity index (χ0v) is 15.1. The van der Waals surface area contributed by atoms with E-state index in [2.05, 4.69) is 10.2 Å². The molecule has 6 heteroatoms. The van der Waals surface area contributed by atoms with E-state index >= 15 is 0 Å². The maximum Gasteiger partial charge on any atom is 0.240 e. The Hall–Kier alpha value is -2.08. The van der Waals surface area contributed by atoms with Crippen LogP contribution in [0, 0.1) is 5.41 Å². The van der Waals surface area contributed by atoms with Gasteiger partial charge in [0, 0.05) is 26.2 Å². The highest BCUT2D eigenvalue weighted by atomic mass is 16.5. The number of carbonyl (C=O) groups is 2. The molecule has 0 unspecified atom stereocenters. The Morgan fingerprint density at radius 2 is 1.80 bits per heavy atom. The van der Waals surface area contributed by atoms with Crippen molar-refractivity contribution in [1.82, 2.24) is 4.90 Å². The molecule has 0 atom stereocenters. The second-order valence-electron chi connectivity index (χ2n) is 6.63. The van der Waals surface area contributed by atoms with Gasteiger partial charge in [-0.15, -0.1) is 0 Å². The molecule has 2 fully saturated rings. The van der Waals surface area contributed by atoms with Gasteiger partial charge in [0.2, 0.25) is 11.8 Å². The van der Waals surface area contributed by atoms with E-state index in [1.165, 1.54) is 0 Å². The predicted octanol–water partition coefficient (Wildman–Crippen LogP) is 2.11. The van der Waals surface area contributed by atoms with Gasteiger partial charge < -0.3 is 19.9 Å². The lowest BCUT2D eigenvalue weighted by molar-refractivity contribution is -0.141. The quantitative estimate of drug-likeness (QED) is 0.802. The van der Waals surface area contributed by atoms with Crippen molar-refractivity contribution in [2.75, 3.05) is 49.6 Å². The van der Waals surface area contributed by atoms with E-state index in [1.54, 1.807) is 4.90 Å². The largest absolute Gasteiger partial charge is 0.378 e. The average Bonchev–Trinajstić information content (AvgIpc) is 3.46. The number of anilines is 2. The fraction of sp³-hybridized carbons (Fsp3) is 0.579. The summed E-state index contributed by atoms with van der Waals surface area (Å²) in [6, 6.07) is 7.78.